The second-order valence-electron chi connectivity index (χ2n) is 37.8. The van der Waals surface area contributed by atoms with Gasteiger partial charge in [0.15, 0.2) is 0 Å². The summed E-state index contributed by atoms with van der Waals surface area (Å²) in [4.78, 5) is 0. The third kappa shape index (κ3) is 14.4. The van der Waals surface area contributed by atoms with Crippen molar-refractivity contribution < 1.29 is 21.9 Å². The topological polar surface area (TPSA) is 63.2 Å². The second kappa shape index (κ2) is 35.2. The van der Waals surface area contributed by atoms with E-state index in [1.165, 1.54) is 157 Å². The lowest BCUT2D eigenvalue weighted by atomic mass is 9.86. The number of fused-ring (bicyclic) bond motifs is 24. The molecule has 0 bridgehead atoms. The van der Waals surface area contributed by atoms with Crippen LogP contribution in [0.2, 0.25) is 0 Å². The van der Waals surface area contributed by atoms with E-state index in [4.69, 9.17) is 21.9 Å². The van der Waals surface area contributed by atoms with Gasteiger partial charge in [0.1, 0.15) is 0 Å². The first-order valence-corrected chi connectivity index (χ1v) is 48.8. The highest BCUT2D eigenvalue weighted by Crippen LogP contribution is 2.45. The maximum atomic E-state index is 9.97. The third-order valence-corrected chi connectivity index (χ3v) is 28.5. The molecule has 8 aromatic heterocycles. The van der Waals surface area contributed by atoms with Gasteiger partial charge in [-0.2, -0.15) is 5.26 Å². The van der Waals surface area contributed by atoms with Gasteiger partial charge < -0.3 is 36.5 Å². The van der Waals surface area contributed by atoms with E-state index in [2.05, 4.69) is 418 Å². The molecule has 22 aromatic carbocycles. The lowest BCUT2D eigenvalue weighted by Crippen LogP contribution is -2.10. The summed E-state index contributed by atoms with van der Waals surface area (Å²) in [6.45, 7) is 6.85. The summed E-state index contributed by atoms with van der Waals surface area (Å²) in [6, 6.07) is 142. The molecule has 8 heterocycles. The lowest BCUT2D eigenvalue weighted by molar-refractivity contribution is 0.591. The van der Waals surface area contributed by atoms with Crippen molar-refractivity contribution in [2.24, 2.45) is 0 Å². The van der Waals surface area contributed by atoms with E-state index >= 15 is 0 Å². The Balaban J connectivity index is 0.000000106. The Bertz CT molecular complexity index is 10700. The van der Waals surface area contributed by atoms with Crippen molar-refractivity contribution in [3.8, 4) is 73.8 Å². The predicted molar refractivity (Wildman–Crippen MR) is 615 cm³/mol. The molecule has 0 fully saturated rings. The minimum absolute atomic E-state index is 0.0394. The summed E-state index contributed by atoms with van der Waals surface area (Å²) >= 11 is 0. The van der Waals surface area contributed by atoms with E-state index in [-0.39, 0.29) is 49.0 Å². The van der Waals surface area contributed by atoms with Gasteiger partial charge in [0.05, 0.1) is 122 Å². The highest BCUT2D eigenvalue weighted by atomic mass is 15.0. The van der Waals surface area contributed by atoms with Crippen LogP contribution < -0.4 is 0 Å². The van der Waals surface area contributed by atoms with E-state index in [1.807, 2.05) is 12.1 Å². The van der Waals surface area contributed by atoms with Crippen LogP contribution in [0.15, 0.2) is 521 Å². The van der Waals surface area contributed by atoms with Gasteiger partial charge in [-0.25, -0.2) is 0 Å². The van der Waals surface area contributed by atoms with E-state index < -0.39 is 96.7 Å². The van der Waals surface area contributed by atoms with Crippen molar-refractivity contribution in [3.63, 3.8) is 0 Å². The summed E-state index contributed by atoms with van der Waals surface area (Å²) in [5, 5.41) is 24.8. The molecule has 30 aromatic rings. The minimum atomic E-state index is -0.552. The summed E-state index contributed by atoms with van der Waals surface area (Å²) in [6.07, 6.45) is 0. The molecule has 146 heavy (non-hydrogen) atoms. The normalized spacial score (nSPS) is 13.3. The van der Waals surface area contributed by atoms with Crippen molar-refractivity contribution in [2.75, 3.05) is 0 Å². The number of nitrogens with zero attached hydrogens (tertiary/aromatic N) is 9. The average Bonchev–Trinajstić information content (AvgIpc) is 1.54. The molecule has 0 spiro atoms. The predicted octanol–water partition coefficient (Wildman–Crippen LogP) is 36.0. The average molecular weight is 1880 g/mol. The quantitative estimate of drug-likeness (QED) is 0.135. The monoisotopic (exact) mass is 1880 g/mol. The molecule has 0 unspecified atom stereocenters. The summed E-state index contributed by atoms with van der Waals surface area (Å²) in [5.74, 6) is 0. The Morgan fingerprint density at radius 1 is 0.171 bits per heavy atom. The van der Waals surface area contributed by atoms with Gasteiger partial charge >= 0.3 is 0 Å². The van der Waals surface area contributed by atoms with Crippen LogP contribution in [0.3, 0.4) is 0 Å². The number of rotatable bonds is 10. The maximum absolute atomic E-state index is 9.97. The second-order valence-corrected chi connectivity index (χ2v) is 37.8. The zero-order valence-corrected chi connectivity index (χ0v) is 79.4. The molecular weight excluding hydrogens is 1770 g/mol. The Kier molecular flexibility index (Phi) is 17.0. The molecule has 9 heteroatoms. The van der Waals surface area contributed by atoms with Crippen LogP contribution in [-0.4, -0.2) is 36.5 Å². The number of hydrogen-bond donors (Lipinski definition) is 0. The first kappa shape index (κ1) is 70.4. The Morgan fingerprint density at radius 2 is 0.363 bits per heavy atom. The molecule has 30 rings (SSSR count). The van der Waals surface area contributed by atoms with Crippen LogP contribution in [0.25, 0.3) is 242 Å². The number of benzene rings is 22. The van der Waals surface area contributed by atoms with Crippen LogP contribution in [0, 0.1) is 11.3 Å². The summed E-state index contributed by atoms with van der Waals surface area (Å²) in [5.41, 5.74) is 27.0. The molecule has 0 amide bonds. The zero-order chi connectivity index (χ0) is 111. The number of nitriles is 1. The maximum Gasteiger partial charge on any atom is 0.0993 e. The SMILES string of the molecule is CC(C)(C)c1ccc2c(c1)c1ccccc1n2-c1cccc(-c2cccc(-n3c4ccccc4c4ccccc43)c2)c1.N#Cc1cc(-n2c3ccccc3c3ccccc32)cc(-n2c3ccccc3c3ccccc32)c1.[2H]c1c([2H])c([2H])c2c(c1[2H])c1c([2H])c([2H])c([2H])c([2H])c1n2-c1cccc(-c2cccc(-n3c4c([2H])c([2H])c([2H])c([2H])c4c4c([2H])c([2H])c([2H])c([2H])c43)c2)c1.c1cc(-n2c3ccccc3c3ccccc32)cc(-n2c3ccccc3c3ccccc32)c1. The van der Waals surface area contributed by atoms with Crippen molar-refractivity contribution in [1.82, 2.24) is 36.5 Å². The molecule has 0 radical (unpaired) electrons. The first-order chi connectivity index (χ1) is 78.7. The number of para-hydroxylation sites is 15. The first-order valence-electron chi connectivity index (χ1n) is 56.8. The van der Waals surface area contributed by atoms with E-state index in [0.717, 1.165) is 33.4 Å². The van der Waals surface area contributed by atoms with Gasteiger partial charge in [0, 0.05) is 132 Å². The molecule has 0 aliphatic rings. The third-order valence-electron chi connectivity index (χ3n) is 28.5. The fourth-order valence-corrected chi connectivity index (χ4v) is 22.1. The van der Waals surface area contributed by atoms with E-state index in [1.54, 1.807) is 48.5 Å². The molecule has 0 aliphatic carbocycles. The molecule has 0 saturated carbocycles. The standard InChI is InChI=1S/C40H32N2.C36H24N2.C31H19N3.C30H20N2/c1-40(2,3)29-22-23-39-35(26-29)34-18-6-9-21-38(34)42(39)31-15-11-13-28(25-31)27-12-10-14-30(24-27)41-36-19-7-4-16-32(36)33-17-5-8-20-37(33)41;1-5-19-33-29(15-1)30-16-2-6-20-34(30)37(33)27-13-9-11-25(23-27)26-12-10-14-28(24-26)38-35-21-7-3-17-31(35)32-18-4-8-22-36(32)38;32-20-21-17-22(33-28-13-5-1-9-24(28)25-10-2-6-14-29(25)33)19-23(18-21)34-30-15-7-3-11-26(30)27-12-4-8-16-31(27)34;1-5-16-27-23(12-1)24-13-2-6-17-28(24)31(27)21-10-9-11-22(20-21)32-29-18-7-3-14-25(29)26-15-4-8-19-30(26)32/h4-26H,1-3H3;1-24H;1-19H;1-20H/i;1D,2D,3D,4D,5D,6D,7D,8D,15D,16D,17D,18D,19D,20D,21D,22D;;. The van der Waals surface area contributed by atoms with Crippen LogP contribution in [0.1, 0.15) is 53.8 Å². The molecule has 0 N–H and O–H groups in total. The summed E-state index contributed by atoms with van der Waals surface area (Å²) in [7, 11) is 0. The van der Waals surface area contributed by atoms with Gasteiger partial charge in [-0.1, -0.05) is 354 Å². The van der Waals surface area contributed by atoms with Crippen molar-refractivity contribution >= 4 is 174 Å². The Labute approximate surface area is 865 Å². The summed E-state index contributed by atoms with van der Waals surface area (Å²) < 4.78 is 154. The highest BCUT2D eigenvalue weighted by Gasteiger charge is 2.25. The van der Waals surface area contributed by atoms with Crippen molar-refractivity contribution in [3.05, 3.63) is 532 Å². The fourth-order valence-electron chi connectivity index (χ4n) is 22.1. The zero-order valence-electron chi connectivity index (χ0n) is 95.4. The number of aromatic nitrogens is 8. The van der Waals surface area contributed by atoms with Crippen molar-refractivity contribution in [2.45, 2.75) is 26.2 Å². The molecule has 0 atom stereocenters. The molecule has 9 nitrogen and oxygen atoms in total. The van der Waals surface area contributed by atoms with E-state index in [0.29, 0.717) is 28.1 Å². The largest absolute Gasteiger partial charge is 0.309 e. The van der Waals surface area contributed by atoms with Gasteiger partial charge in [0.2, 0.25) is 0 Å². The Hall–Kier alpha value is -19.3. The van der Waals surface area contributed by atoms with Gasteiger partial charge in [-0.05, 0) is 221 Å². The van der Waals surface area contributed by atoms with Gasteiger partial charge in [0.25, 0.3) is 0 Å². The smallest absolute Gasteiger partial charge is 0.0993 e. The van der Waals surface area contributed by atoms with Crippen LogP contribution >= 0.6 is 0 Å². The van der Waals surface area contributed by atoms with Crippen LogP contribution in [0.5, 0.6) is 0 Å². The fraction of sp³-hybridized carbons (Fsp3) is 0.0292. The lowest BCUT2D eigenvalue weighted by Gasteiger charge is -2.19. The van der Waals surface area contributed by atoms with Crippen molar-refractivity contribution in [1.29, 1.82) is 5.26 Å². The highest BCUT2D eigenvalue weighted by molar-refractivity contribution is 6.17. The van der Waals surface area contributed by atoms with Crippen LogP contribution in [-0.2, 0) is 5.41 Å². The molecular formula is C137H95N9. The van der Waals surface area contributed by atoms with Crippen LogP contribution in [0.4, 0.5) is 0 Å². The molecule has 0 aliphatic heterocycles. The number of hydrogen-bond acceptors (Lipinski definition) is 1. The Morgan fingerprint density at radius 3 is 0.603 bits per heavy atom. The molecule has 0 saturated heterocycles. The van der Waals surface area contributed by atoms with E-state index in [9.17, 15) is 5.26 Å². The van der Waals surface area contributed by atoms with Gasteiger partial charge in [-0.3, -0.25) is 0 Å². The minimum Gasteiger partial charge on any atom is -0.309 e. The van der Waals surface area contributed by atoms with Gasteiger partial charge in [-0.15, -0.1) is 0 Å². The molecule has 688 valence electrons.